The molecule has 0 fully saturated rings. The van der Waals surface area contributed by atoms with E-state index in [1.165, 1.54) is 16.0 Å². The van der Waals surface area contributed by atoms with Gasteiger partial charge in [0.2, 0.25) is 0 Å². The lowest BCUT2D eigenvalue weighted by Gasteiger charge is -2.14. The van der Waals surface area contributed by atoms with Crippen LogP contribution in [-0.2, 0) is 4.74 Å². The Hall–Kier alpha value is -0.510. The van der Waals surface area contributed by atoms with E-state index in [9.17, 15) is 0 Å². The average molecular weight is 253 g/mol. The van der Waals surface area contributed by atoms with Crippen molar-refractivity contribution < 1.29 is 4.74 Å². The number of ether oxygens (including phenoxy) is 1. The molecule has 17 heavy (non-hydrogen) atoms. The van der Waals surface area contributed by atoms with Gasteiger partial charge in [-0.25, -0.2) is 0 Å². The van der Waals surface area contributed by atoms with E-state index in [1.807, 2.05) is 18.7 Å². The second-order valence-electron chi connectivity index (χ2n) is 4.22. The van der Waals surface area contributed by atoms with E-state index in [0.29, 0.717) is 6.54 Å². The summed E-state index contributed by atoms with van der Waals surface area (Å²) in [5.41, 5.74) is 8.33. The van der Waals surface area contributed by atoms with E-state index in [-0.39, 0.29) is 6.10 Å². The molecule has 0 saturated heterocycles. The summed E-state index contributed by atoms with van der Waals surface area (Å²) in [4.78, 5) is 1.36. The first-order chi connectivity index (χ1) is 8.17. The minimum absolute atomic E-state index is 0.207. The monoisotopic (exact) mass is 253 g/mol. The summed E-state index contributed by atoms with van der Waals surface area (Å²) in [6.45, 7) is 7.66. The van der Waals surface area contributed by atoms with E-state index in [2.05, 4.69) is 32.0 Å². The van der Waals surface area contributed by atoms with Crippen molar-refractivity contribution in [2.75, 3.05) is 18.9 Å². The molecule has 2 N–H and O–H groups in total. The smallest absolute Gasteiger partial charge is 0.0705 e. The molecule has 3 heteroatoms. The molecule has 0 aliphatic rings. The van der Waals surface area contributed by atoms with Crippen LogP contribution in [0, 0.1) is 13.8 Å². The molecular formula is C14H23NOS. The molecule has 1 aromatic carbocycles. The molecule has 0 heterocycles. The highest BCUT2D eigenvalue weighted by Gasteiger charge is 2.06. The summed E-state index contributed by atoms with van der Waals surface area (Å²) < 4.78 is 5.54. The molecule has 0 aliphatic carbocycles. The standard InChI is InChI=1S/C14H23NOS/c1-4-16-13(10-15)7-8-17-14-6-5-11(2)9-12(14)3/h5-6,9,13H,4,7-8,10,15H2,1-3H3. The molecular weight excluding hydrogens is 230 g/mol. The van der Waals surface area contributed by atoms with E-state index < -0.39 is 0 Å². The van der Waals surface area contributed by atoms with Crippen LogP contribution >= 0.6 is 11.8 Å². The van der Waals surface area contributed by atoms with Gasteiger partial charge in [0.1, 0.15) is 0 Å². The Bertz CT molecular complexity index is 341. The normalized spacial score (nSPS) is 12.7. The third-order valence-electron chi connectivity index (χ3n) is 2.69. The van der Waals surface area contributed by atoms with Gasteiger partial charge in [0.25, 0.3) is 0 Å². The summed E-state index contributed by atoms with van der Waals surface area (Å²) in [7, 11) is 0. The summed E-state index contributed by atoms with van der Waals surface area (Å²) in [6, 6.07) is 6.59. The topological polar surface area (TPSA) is 35.2 Å². The maximum atomic E-state index is 5.65. The Kier molecular flexibility index (Phi) is 6.63. The molecule has 0 aliphatic heterocycles. The highest BCUT2D eigenvalue weighted by Crippen LogP contribution is 2.24. The van der Waals surface area contributed by atoms with Gasteiger partial charge in [-0.15, -0.1) is 11.8 Å². The maximum Gasteiger partial charge on any atom is 0.0705 e. The lowest BCUT2D eigenvalue weighted by atomic mass is 10.2. The fourth-order valence-corrected chi connectivity index (χ4v) is 2.82. The van der Waals surface area contributed by atoms with E-state index in [1.54, 1.807) is 0 Å². The predicted octanol–water partition coefficient (Wildman–Crippen LogP) is 3.15. The van der Waals surface area contributed by atoms with Crippen molar-refractivity contribution in [3.8, 4) is 0 Å². The largest absolute Gasteiger partial charge is 0.377 e. The molecule has 1 aromatic rings. The Labute approximate surface area is 109 Å². The van der Waals surface area contributed by atoms with Crippen LogP contribution < -0.4 is 5.73 Å². The molecule has 96 valence electrons. The number of nitrogens with two attached hydrogens (primary N) is 1. The fourth-order valence-electron chi connectivity index (χ4n) is 1.77. The van der Waals surface area contributed by atoms with E-state index in [4.69, 9.17) is 10.5 Å². The number of rotatable bonds is 7. The highest BCUT2D eigenvalue weighted by molar-refractivity contribution is 7.99. The quantitative estimate of drug-likeness (QED) is 0.758. The Morgan fingerprint density at radius 3 is 2.71 bits per heavy atom. The zero-order chi connectivity index (χ0) is 12.7. The first-order valence-electron chi connectivity index (χ1n) is 6.19. The summed E-state index contributed by atoms with van der Waals surface area (Å²) in [5.74, 6) is 1.06. The molecule has 1 atom stereocenters. The third kappa shape index (κ3) is 5.11. The molecule has 2 nitrogen and oxygen atoms in total. The minimum atomic E-state index is 0.207. The molecule has 0 bridgehead atoms. The van der Waals surface area contributed by atoms with Crippen LogP contribution in [-0.4, -0.2) is 25.0 Å². The number of hydrogen-bond acceptors (Lipinski definition) is 3. The number of thioether (sulfide) groups is 1. The molecule has 1 unspecified atom stereocenters. The van der Waals surface area contributed by atoms with Gasteiger partial charge in [0, 0.05) is 23.8 Å². The average Bonchev–Trinajstić information content (AvgIpc) is 2.30. The summed E-state index contributed by atoms with van der Waals surface area (Å²) in [5, 5.41) is 0. The van der Waals surface area contributed by atoms with Crippen molar-refractivity contribution in [1.29, 1.82) is 0 Å². The van der Waals surface area contributed by atoms with Gasteiger partial charge < -0.3 is 10.5 Å². The number of aryl methyl sites for hydroxylation is 2. The fraction of sp³-hybridized carbons (Fsp3) is 0.571. The molecule has 0 saturated carbocycles. The zero-order valence-electron chi connectivity index (χ0n) is 11.0. The number of hydrogen-bond donors (Lipinski definition) is 1. The molecule has 0 radical (unpaired) electrons. The van der Waals surface area contributed by atoms with Crippen LogP contribution in [0.3, 0.4) is 0 Å². The zero-order valence-corrected chi connectivity index (χ0v) is 11.8. The second-order valence-corrected chi connectivity index (χ2v) is 5.36. The van der Waals surface area contributed by atoms with Crippen LogP contribution in [0.2, 0.25) is 0 Å². The van der Waals surface area contributed by atoms with Crippen LogP contribution in [0.1, 0.15) is 24.5 Å². The van der Waals surface area contributed by atoms with E-state index >= 15 is 0 Å². The molecule has 0 amide bonds. The molecule has 1 rings (SSSR count). The Morgan fingerprint density at radius 2 is 2.12 bits per heavy atom. The van der Waals surface area contributed by atoms with Crippen LogP contribution in [0.5, 0.6) is 0 Å². The van der Waals surface area contributed by atoms with Crippen LogP contribution in [0.25, 0.3) is 0 Å². The van der Waals surface area contributed by atoms with Crippen LogP contribution in [0.4, 0.5) is 0 Å². The third-order valence-corrected chi connectivity index (χ3v) is 3.90. The first kappa shape index (κ1) is 14.6. The van der Waals surface area contributed by atoms with Gasteiger partial charge in [0.15, 0.2) is 0 Å². The molecule has 0 aromatic heterocycles. The Balaban J connectivity index is 2.39. The predicted molar refractivity (Wildman–Crippen MR) is 75.7 cm³/mol. The first-order valence-corrected chi connectivity index (χ1v) is 7.17. The van der Waals surface area contributed by atoms with Crippen molar-refractivity contribution in [2.24, 2.45) is 5.73 Å². The van der Waals surface area contributed by atoms with Gasteiger partial charge in [0.05, 0.1) is 6.10 Å². The number of benzene rings is 1. The lowest BCUT2D eigenvalue weighted by molar-refractivity contribution is 0.0674. The van der Waals surface area contributed by atoms with Gasteiger partial charge in [-0.3, -0.25) is 0 Å². The van der Waals surface area contributed by atoms with Gasteiger partial charge >= 0.3 is 0 Å². The summed E-state index contributed by atoms with van der Waals surface area (Å²) >= 11 is 1.89. The van der Waals surface area contributed by atoms with Gasteiger partial charge in [-0.1, -0.05) is 17.7 Å². The van der Waals surface area contributed by atoms with Crippen molar-refractivity contribution in [2.45, 2.75) is 38.2 Å². The van der Waals surface area contributed by atoms with Crippen molar-refractivity contribution in [3.05, 3.63) is 29.3 Å². The van der Waals surface area contributed by atoms with Gasteiger partial charge in [-0.05, 0) is 38.8 Å². The van der Waals surface area contributed by atoms with Crippen molar-refractivity contribution in [3.63, 3.8) is 0 Å². The lowest BCUT2D eigenvalue weighted by Crippen LogP contribution is -2.24. The maximum absolute atomic E-state index is 5.65. The van der Waals surface area contributed by atoms with Crippen molar-refractivity contribution >= 4 is 11.8 Å². The Morgan fingerprint density at radius 1 is 1.35 bits per heavy atom. The molecule has 0 spiro atoms. The summed E-state index contributed by atoms with van der Waals surface area (Å²) in [6.07, 6.45) is 1.22. The van der Waals surface area contributed by atoms with Crippen molar-refractivity contribution in [1.82, 2.24) is 0 Å². The van der Waals surface area contributed by atoms with E-state index in [0.717, 1.165) is 18.8 Å². The minimum Gasteiger partial charge on any atom is -0.377 e. The SMILES string of the molecule is CCOC(CN)CCSc1ccc(C)cc1C. The van der Waals surface area contributed by atoms with Gasteiger partial charge in [-0.2, -0.15) is 0 Å². The second kappa shape index (κ2) is 7.75. The highest BCUT2D eigenvalue weighted by atomic mass is 32.2. The van der Waals surface area contributed by atoms with Crippen LogP contribution in [0.15, 0.2) is 23.1 Å².